The highest BCUT2D eigenvalue weighted by Crippen LogP contribution is 2.37. The average molecular weight is 397 g/mol. The Morgan fingerprint density at radius 3 is 2.58 bits per heavy atom. The fraction of sp³-hybridized carbons (Fsp3) is 0.235. The van der Waals surface area contributed by atoms with Gasteiger partial charge in [-0.2, -0.15) is 0 Å². The Morgan fingerprint density at radius 1 is 1.27 bits per heavy atom. The van der Waals surface area contributed by atoms with Crippen LogP contribution in [-0.4, -0.2) is 40.3 Å². The van der Waals surface area contributed by atoms with Gasteiger partial charge in [0.25, 0.3) is 5.91 Å². The van der Waals surface area contributed by atoms with E-state index in [2.05, 4.69) is 5.32 Å². The van der Waals surface area contributed by atoms with E-state index >= 15 is 0 Å². The first-order valence-corrected chi connectivity index (χ1v) is 9.89. The van der Waals surface area contributed by atoms with E-state index in [4.69, 9.17) is 21.1 Å². The lowest BCUT2D eigenvalue weighted by Crippen LogP contribution is -2.48. The summed E-state index contributed by atoms with van der Waals surface area (Å²) in [7, 11) is -2.06. The lowest BCUT2D eigenvalue weighted by atomic mass is 10.2. The molecule has 7 nitrogen and oxygen atoms in total. The summed E-state index contributed by atoms with van der Waals surface area (Å²) < 4.78 is 36.2. The standard InChI is InChI=1S/C17H17ClN2O5S/c1-24-13-6-4-12(5-7-13)19-17(21)16-10-20(26(2,22)23)14-9-11(18)3-8-15(14)25-16/h3-9,16H,10H2,1-2H3,(H,19,21)/t16-/m1/s1. The summed E-state index contributed by atoms with van der Waals surface area (Å²) in [5.74, 6) is 0.483. The molecule has 0 aromatic heterocycles. The number of fused-ring (bicyclic) bond motifs is 1. The van der Waals surface area contributed by atoms with Crippen LogP contribution in [-0.2, 0) is 14.8 Å². The van der Waals surface area contributed by atoms with Crippen LogP contribution in [0.15, 0.2) is 42.5 Å². The van der Waals surface area contributed by atoms with Crippen molar-refractivity contribution in [1.82, 2.24) is 0 Å². The summed E-state index contributed by atoms with van der Waals surface area (Å²) in [5.41, 5.74) is 0.862. The molecule has 1 atom stereocenters. The summed E-state index contributed by atoms with van der Waals surface area (Å²) >= 11 is 5.96. The molecule has 9 heteroatoms. The molecule has 0 saturated carbocycles. The summed E-state index contributed by atoms with van der Waals surface area (Å²) in [6.07, 6.45) is 0.0713. The molecule has 3 rings (SSSR count). The monoisotopic (exact) mass is 396 g/mol. The first-order chi connectivity index (χ1) is 12.3. The Kier molecular flexibility index (Phi) is 4.97. The first kappa shape index (κ1) is 18.3. The van der Waals surface area contributed by atoms with Crippen molar-refractivity contribution in [2.45, 2.75) is 6.10 Å². The van der Waals surface area contributed by atoms with Gasteiger partial charge in [-0.15, -0.1) is 0 Å². The number of amides is 1. The van der Waals surface area contributed by atoms with Gasteiger partial charge in [-0.3, -0.25) is 9.10 Å². The number of hydrogen-bond acceptors (Lipinski definition) is 5. The molecule has 0 bridgehead atoms. The van der Waals surface area contributed by atoms with Crippen LogP contribution in [0.4, 0.5) is 11.4 Å². The third-order valence-corrected chi connectivity index (χ3v) is 5.22. The van der Waals surface area contributed by atoms with Gasteiger partial charge in [-0.25, -0.2) is 8.42 Å². The molecule has 0 saturated heterocycles. The number of methoxy groups -OCH3 is 1. The number of anilines is 2. The summed E-state index contributed by atoms with van der Waals surface area (Å²) in [6, 6.07) is 11.4. The Hall–Kier alpha value is -2.45. The largest absolute Gasteiger partial charge is 0.497 e. The Bertz CT molecular complexity index is 931. The van der Waals surface area contributed by atoms with Crippen molar-refractivity contribution in [3.63, 3.8) is 0 Å². The predicted molar refractivity (Wildman–Crippen MR) is 99.7 cm³/mol. The van der Waals surface area contributed by atoms with Gasteiger partial charge in [0.2, 0.25) is 10.0 Å². The highest BCUT2D eigenvalue weighted by atomic mass is 35.5. The van der Waals surface area contributed by atoms with Crippen LogP contribution in [0, 0.1) is 0 Å². The van der Waals surface area contributed by atoms with E-state index in [1.54, 1.807) is 43.5 Å². The van der Waals surface area contributed by atoms with Crippen molar-refractivity contribution >= 4 is 38.9 Å². The molecular formula is C17H17ClN2O5S. The van der Waals surface area contributed by atoms with Crippen LogP contribution in [0.3, 0.4) is 0 Å². The Balaban J connectivity index is 1.84. The van der Waals surface area contributed by atoms with Gasteiger partial charge in [0.1, 0.15) is 11.5 Å². The van der Waals surface area contributed by atoms with Gasteiger partial charge < -0.3 is 14.8 Å². The van der Waals surface area contributed by atoms with E-state index < -0.39 is 22.0 Å². The molecular weight excluding hydrogens is 380 g/mol. The van der Waals surface area contributed by atoms with E-state index in [9.17, 15) is 13.2 Å². The number of nitrogens with one attached hydrogen (secondary N) is 1. The molecule has 2 aromatic rings. The van der Waals surface area contributed by atoms with E-state index in [-0.39, 0.29) is 12.3 Å². The van der Waals surface area contributed by atoms with Gasteiger partial charge in [0.05, 0.1) is 25.6 Å². The van der Waals surface area contributed by atoms with E-state index in [0.29, 0.717) is 22.1 Å². The van der Waals surface area contributed by atoms with Gasteiger partial charge in [0.15, 0.2) is 6.10 Å². The zero-order valence-corrected chi connectivity index (χ0v) is 15.7. The molecule has 1 aliphatic rings. The topological polar surface area (TPSA) is 84.9 Å². The minimum Gasteiger partial charge on any atom is -0.497 e. The molecule has 1 aliphatic heterocycles. The third kappa shape index (κ3) is 3.86. The van der Waals surface area contributed by atoms with Crippen LogP contribution in [0.1, 0.15) is 0 Å². The van der Waals surface area contributed by atoms with E-state index in [1.165, 1.54) is 6.07 Å². The van der Waals surface area contributed by atoms with Crippen molar-refractivity contribution in [3.8, 4) is 11.5 Å². The summed E-state index contributed by atoms with van der Waals surface area (Å²) in [5, 5.41) is 3.09. The Morgan fingerprint density at radius 2 is 1.96 bits per heavy atom. The van der Waals surface area contributed by atoms with Gasteiger partial charge in [-0.05, 0) is 42.5 Å². The van der Waals surface area contributed by atoms with Crippen molar-refractivity contribution in [2.75, 3.05) is 29.5 Å². The molecule has 2 aromatic carbocycles. The fourth-order valence-electron chi connectivity index (χ4n) is 2.57. The van der Waals surface area contributed by atoms with Crippen LogP contribution < -0.4 is 19.1 Å². The second-order valence-corrected chi connectivity index (χ2v) is 8.07. The van der Waals surface area contributed by atoms with Crippen LogP contribution in [0.2, 0.25) is 5.02 Å². The van der Waals surface area contributed by atoms with Crippen molar-refractivity contribution in [1.29, 1.82) is 0 Å². The molecule has 1 amide bonds. The number of nitrogens with zero attached hydrogens (tertiary/aromatic N) is 1. The highest BCUT2D eigenvalue weighted by Gasteiger charge is 2.35. The number of benzene rings is 2. The molecule has 0 radical (unpaired) electrons. The minimum atomic E-state index is -3.61. The smallest absolute Gasteiger partial charge is 0.267 e. The van der Waals surface area contributed by atoms with Crippen molar-refractivity contribution in [2.24, 2.45) is 0 Å². The fourth-order valence-corrected chi connectivity index (χ4v) is 3.64. The molecule has 0 unspecified atom stereocenters. The lowest BCUT2D eigenvalue weighted by Gasteiger charge is -2.34. The molecule has 0 spiro atoms. The molecule has 0 fully saturated rings. The zero-order valence-electron chi connectivity index (χ0n) is 14.1. The number of carbonyl (C=O) groups is 1. The maximum absolute atomic E-state index is 12.6. The number of sulfonamides is 1. The quantitative estimate of drug-likeness (QED) is 0.858. The van der Waals surface area contributed by atoms with Crippen LogP contribution in [0.5, 0.6) is 11.5 Å². The van der Waals surface area contributed by atoms with Crippen LogP contribution in [0.25, 0.3) is 0 Å². The lowest BCUT2D eigenvalue weighted by molar-refractivity contribution is -0.122. The second kappa shape index (κ2) is 7.05. The Labute approximate surface area is 156 Å². The van der Waals surface area contributed by atoms with Gasteiger partial charge in [0, 0.05) is 10.7 Å². The zero-order chi connectivity index (χ0) is 18.9. The van der Waals surface area contributed by atoms with Gasteiger partial charge in [-0.1, -0.05) is 11.6 Å². The molecule has 26 heavy (non-hydrogen) atoms. The molecule has 0 aliphatic carbocycles. The van der Waals surface area contributed by atoms with Crippen molar-refractivity contribution in [3.05, 3.63) is 47.5 Å². The van der Waals surface area contributed by atoms with E-state index in [0.717, 1.165) is 10.6 Å². The maximum Gasteiger partial charge on any atom is 0.267 e. The SMILES string of the molecule is COc1ccc(NC(=O)[C@H]2CN(S(C)(=O)=O)c3cc(Cl)ccc3O2)cc1. The molecule has 1 N–H and O–H groups in total. The highest BCUT2D eigenvalue weighted by molar-refractivity contribution is 7.92. The third-order valence-electron chi connectivity index (χ3n) is 3.84. The average Bonchev–Trinajstić information content (AvgIpc) is 2.60. The number of ether oxygens (including phenoxy) is 2. The molecule has 138 valence electrons. The normalized spacial score (nSPS) is 16.4. The van der Waals surface area contributed by atoms with Crippen LogP contribution >= 0.6 is 11.6 Å². The second-order valence-electron chi connectivity index (χ2n) is 5.73. The summed E-state index contributed by atoms with van der Waals surface area (Å²) in [6.45, 7) is -0.145. The predicted octanol–water partition coefficient (Wildman–Crippen LogP) is 2.51. The van der Waals surface area contributed by atoms with Crippen molar-refractivity contribution < 1.29 is 22.7 Å². The van der Waals surface area contributed by atoms with Gasteiger partial charge >= 0.3 is 0 Å². The minimum absolute atomic E-state index is 0.145. The maximum atomic E-state index is 12.6. The molecule has 1 heterocycles. The first-order valence-electron chi connectivity index (χ1n) is 7.67. The number of hydrogen-bond donors (Lipinski definition) is 1. The van der Waals surface area contributed by atoms with E-state index in [1.807, 2.05) is 0 Å². The number of halogens is 1. The summed E-state index contributed by atoms with van der Waals surface area (Å²) in [4.78, 5) is 12.6. The number of rotatable bonds is 4. The number of carbonyl (C=O) groups excluding carboxylic acids is 1.